The molecule has 2 aromatic heterocycles. The first kappa shape index (κ1) is 21.4. The molecule has 0 radical (unpaired) electrons. The molecule has 0 fully saturated rings. The van der Waals surface area contributed by atoms with Crippen LogP contribution in [0, 0.1) is 20.8 Å². The summed E-state index contributed by atoms with van der Waals surface area (Å²) in [7, 11) is 0. The minimum Gasteiger partial charge on any atom is -0.452 e. The van der Waals surface area contributed by atoms with Crippen LogP contribution in [-0.4, -0.2) is 37.6 Å². The van der Waals surface area contributed by atoms with Gasteiger partial charge < -0.3 is 10.1 Å². The van der Waals surface area contributed by atoms with E-state index in [0.29, 0.717) is 17.0 Å². The van der Waals surface area contributed by atoms with Gasteiger partial charge in [0.15, 0.2) is 6.10 Å². The number of ether oxygens (including phenoxy) is 1. The van der Waals surface area contributed by atoms with Crippen LogP contribution in [0.1, 0.15) is 54.8 Å². The molecule has 2 heterocycles. The summed E-state index contributed by atoms with van der Waals surface area (Å²) in [5, 5.41) is 7.04. The Morgan fingerprint density at radius 2 is 1.90 bits per heavy atom. The van der Waals surface area contributed by atoms with Gasteiger partial charge in [-0.2, -0.15) is 10.1 Å². The third kappa shape index (κ3) is 4.32. The quantitative estimate of drug-likeness (QED) is 0.627. The van der Waals surface area contributed by atoms with Crippen molar-refractivity contribution in [3.63, 3.8) is 0 Å². The summed E-state index contributed by atoms with van der Waals surface area (Å²) in [5.74, 6) is -0.130. The van der Waals surface area contributed by atoms with Gasteiger partial charge in [-0.15, -0.1) is 0 Å². The summed E-state index contributed by atoms with van der Waals surface area (Å²) in [6.07, 6.45) is 0.487. The molecule has 1 amide bonds. The molecule has 0 saturated heterocycles. The van der Waals surface area contributed by atoms with Gasteiger partial charge in [0.25, 0.3) is 11.7 Å². The zero-order valence-electron chi connectivity index (χ0n) is 18.2. The smallest absolute Gasteiger partial charge is 0.311 e. The maximum absolute atomic E-state index is 12.7. The molecule has 158 valence electrons. The van der Waals surface area contributed by atoms with Gasteiger partial charge in [0.05, 0.1) is 6.42 Å². The van der Waals surface area contributed by atoms with Crippen molar-refractivity contribution in [3.8, 4) is 0 Å². The normalized spacial score (nSPS) is 12.2. The third-order valence-corrected chi connectivity index (χ3v) is 5.16. The Hall–Kier alpha value is -3.29. The number of para-hydroxylation sites is 1. The summed E-state index contributed by atoms with van der Waals surface area (Å²) in [6, 6.07) is 5.90. The van der Waals surface area contributed by atoms with E-state index in [0.717, 1.165) is 22.5 Å². The standard InChI is InChI=1S/C22H27N5O3/c1-12(2)17-9-7-8-13(3)20(17)26-21(29)16(6)30-19(28)10-18-14(4)25-22-23-11-24-27(22)15(18)5/h7-9,11-12,16H,10H2,1-6H3,(H,26,29)/t16-/m0/s1. The number of esters is 1. The number of nitrogens with one attached hydrogen (secondary N) is 1. The fourth-order valence-electron chi connectivity index (χ4n) is 3.42. The highest BCUT2D eigenvalue weighted by Crippen LogP contribution is 2.27. The molecule has 1 aromatic carbocycles. The number of benzene rings is 1. The number of aryl methyl sites for hydroxylation is 3. The van der Waals surface area contributed by atoms with Gasteiger partial charge in [0, 0.05) is 22.6 Å². The number of carbonyl (C=O) groups excluding carboxylic acids is 2. The average Bonchev–Trinajstić information content (AvgIpc) is 3.14. The van der Waals surface area contributed by atoms with E-state index >= 15 is 0 Å². The summed E-state index contributed by atoms with van der Waals surface area (Å²) in [4.78, 5) is 33.6. The summed E-state index contributed by atoms with van der Waals surface area (Å²) >= 11 is 0. The van der Waals surface area contributed by atoms with Crippen molar-refractivity contribution in [1.29, 1.82) is 0 Å². The number of fused-ring (bicyclic) bond motifs is 1. The number of nitrogens with zero attached hydrogens (tertiary/aromatic N) is 4. The van der Waals surface area contributed by atoms with Gasteiger partial charge in [-0.1, -0.05) is 32.0 Å². The molecular formula is C22H27N5O3. The number of rotatable bonds is 6. The highest BCUT2D eigenvalue weighted by molar-refractivity contribution is 5.96. The molecule has 1 N–H and O–H groups in total. The average molecular weight is 409 g/mol. The highest BCUT2D eigenvalue weighted by Gasteiger charge is 2.22. The molecule has 0 unspecified atom stereocenters. The first-order chi connectivity index (χ1) is 14.2. The van der Waals surface area contributed by atoms with Gasteiger partial charge in [-0.05, 0) is 44.7 Å². The molecule has 0 spiro atoms. The minimum atomic E-state index is -0.930. The first-order valence-corrected chi connectivity index (χ1v) is 9.94. The van der Waals surface area contributed by atoms with E-state index in [1.807, 2.05) is 39.0 Å². The maximum atomic E-state index is 12.7. The zero-order valence-corrected chi connectivity index (χ0v) is 18.2. The van der Waals surface area contributed by atoms with Crippen molar-refractivity contribution in [2.75, 3.05) is 5.32 Å². The molecule has 0 aliphatic heterocycles. The largest absolute Gasteiger partial charge is 0.452 e. The predicted molar refractivity (Wildman–Crippen MR) is 113 cm³/mol. The van der Waals surface area contributed by atoms with E-state index in [4.69, 9.17) is 4.74 Å². The molecule has 8 nitrogen and oxygen atoms in total. The zero-order chi connectivity index (χ0) is 22.0. The van der Waals surface area contributed by atoms with Gasteiger partial charge in [0.2, 0.25) is 0 Å². The molecule has 8 heteroatoms. The van der Waals surface area contributed by atoms with Crippen LogP contribution in [0.5, 0.6) is 0 Å². The van der Waals surface area contributed by atoms with E-state index in [1.165, 1.54) is 6.33 Å². The van der Waals surface area contributed by atoms with Crippen LogP contribution in [0.4, 0.5) is 5.69 Å². The Bertz CT molecular complexity index is 1100. The van der Waals surface area contributed by atoms with Crippen molar-refractivity contribution in [1.82, 2.24) is 19.6 Å². The van der Waals surface area contributed by atoms with E-state index in [9.17, 15) is 9.59 Å². The number of amides is 1. The lowest BCUT2D eigenvalue weighted by Gasteiger charge is -2.19. The SMILES string of the molecule is Cc1cccc(C(C)C)c1NC(=O)[C@H](C)OC(=O)Cc1c(C)nc2ncnn2c1C. The van der Waals surface area contributed by atoms with Crippen molar-refractivity contribution in [2.24, 2.45) is 0 Å². The van der Waals surface area contributed by atoms with Crippen molar-refractivity contribution < 1.29 is 14.3 Å². The van der Waals surface area contributed by atoms with Crippen LogP contribution in [0.2, 0.25) is 0 Å². The maximum Gasteiger partial charge on any atom is 0.311 e. The number of aromatic nitrogens is 4. The van der Waals surface area contributed by atoms with Crippen LogP contribution in [0.3, 0.4) is 0 Å². The molecule has 0 saturated carbocycles. The number of hydrogen-bond donors (Lipinski definition) is 1. The first-order valence-electron chi connectivity index (χ1n) is 9.94. The Labute approximate surface area is 175 Å². The molecule has 1 atom stereocenters. The highest BCUT2D eigenvalue weighted by atomic mass is 16.5. The van der Waals surface area contributed by atoms with Gasteiger partial charge >= 0.3 is 5.97 Å². The second kappa shape index (κ2) is 8.61. The third-order valence-electron chi connectivity index (χ3n) is 5.16. The topological polar surface area (TPSA) is 98.5 Å². The van der Waals surface area contributed by atoms with Crippen LogP contribution in [0.25, 0.3) is 5.78 Å². The molecule has 3 aromatic rings. The second-order valence-corrected chi connectivity index (χ2v) is 7.72. The van der Waals surface area contributed by atoms with Crippen molar-refractivity contribution in [3.05, 3.63) is 52.6 Å². The summed E-state index contributed by atoms with van der Waals surface area (Å²) in [5.41, 5.74) is 4.94. The summed E-state index contributed by atoms with van der Waals surface area (Å²) < 4.78 is 6.99. The van der Waals surface area contributed by atoms with Crippen molar-refractivity contribution in [2.45, 2.75) is 60.0 Å². The van der Waals surface area contributed by atoms with Gasteiger partial charge in [-0.25, -0.2) is 9.50 Å². The Kier molecular flexibility index (Phi) is 6.14. The molecular weight excluding hydrogens is 382 g/mol. The Morgan fingerprint density at radius 3 is 2.60 bits per heavy atom. The van der Waals surface area contributed by atoms with Crippen LogP contribution >= 0.6 is 0 Å². The lowest BCUT2D eigenvalue weighted by Crippen LogP contribution is -2.31. The number of anilines is 1. The minimum absolute atomic E-state index is 0.000302. The lowest BCUT2D eigenvalue weighted by atomic mass is 9.98. The number of hydrogen-bond acceptors (Lipinski definition) is 6. The predicted octanol–water partition coefficient (Wildman–Crippen LogP) is 3.29. The van der Waals surface area contributed by atoms with Gasteiger partial charge in [0.1, 0.15) is 6.33 Å². The van der Waals surface area contributed by atoms with Crippen molar-refractivity contribution >= 4 is 23.3 Å². The van der Waals surface area contributed by atoms with Crippen LogP contribution < -0.4 is 5.32 Å². The van der Waals surface area contributed by atoms with Crippen LogP contribution in [0.15, 0.2) is 24.5 Å². The number of carbonyl (C=O) groups is 2. The van der Waals surface area contributed by atoms with E-state index in [1.54, 1.807) is 11.4 Å². The van der Waals surface area contributed by atoms with Crippen LogP contribution in [-0.2, 0) is 20.7 Å². The second-order valence-electron chi connectivity index (χ2n) is 7.72. The summed E-state index contributed by atoms with van der Waals surface area (Å²) in [6.45, 7) is 11.3. The molecule has 30 heavy (non-hydrogen) atoms. The molecule has 3 rings (SSSR count). The Balaban J connectivity index is 1.70. The lowest BCUT2D eigenvalue weighted by molar-refractivity contribution is -0.152. The van der Waals surface area contributed by atoms with E-state index in [-0.39, 0.29) is 18.2 Å². The molecule has 0 aliphatic rings. The van der Waals surface area contributed by atoms with E-state index < -0.39 is 12.1 Å². The molecule has 0 bridgehead atoms. The Morgan fingerprint density at radius 1 is 1.17 bits per heavy atom. The molecule has 0 aliphatic carbocycles. The monoisotopic (exact) mass is 409 g/mol. The fourth-order valence-corrected chi connectivity index (χ4v) is 3.42. The van der Waals surface area contributed by atoms with Gasteiger partial charge in [-0.3, -0.25) is 9.59 Å². The van der Waals surface area contributed by atoms with E-state index in [2.05, 4.69) is 34.2 Å². The fraction of sp³-hybridized carbons (Fsp3) is 0.409.